The number of nitrogens with zero attached hydrogens (tertiary/aromatic N) is 1. The van der Waals surface area contributed by atoms with Gasteiger partial charge in [0.15, 0.2) is 0 Å². The molecular formula is C6H12NO6P. The number of hydrogen-bond donors (Lipinski definition) is 4. The molecule has 0 aromatic rings. The lowest BCUT2D eigenvalue weighted by Crippen LogP contribution is -2.38. The average Bonchev–Trinajstić information content (AvgIpc) is 1.98. The summed E-state index contributed by atoms with van der Waals surface area (Å²) in [5.41, 5.74) is 0. The summed E-state index contributed by atoms with van der Waals surface area (Å²) < 4.78 is 10.6. The standard InChI is InChI=1S/C6H12NO6P/c1-2-5(8)7(3-6(9)10)4-14(11,12)13/h2,5,8H,1,3-4H2,(H,9,10)(H2,11,12,13). The van der Waals surface area contributed by atoms with Gasteiger partial charge in [0, 0.05) is 0 Å². The van der Waals surface area contributed by atoms with Gasteiger partial charge in [-0.25, -0.2) is 0 Å². The monoisotopic (exact) mass is 225 g/mol. The molecule has 0 aromatic heterocycles. The lowest BCUT2D eigenvalue weighted by molar-refractivity contribution is -0.140. The Labute approximate surface area is 80.4 Å². The zero-order valence-corrected chi connectivity index (χ0v) is 8.17. The first-order valence-electron chi connectivity index (χ1n) is 3.57. The van der Waals surface area contributed by atoms with Crippen molar-refractivity contribution >= 4 is 13.6 Å². The molecule has 0 amide bonds. The molecule has 0 aliphatic carbocycles. The van der Waals surface area contributed by atoms with E-state index in [2.05, 4.69) is 6.58 Å². The van der Waals surface area contributed by atoms with Crippen LogP contribution in [0.3, 0.4) is 0 Å². The van der Waals surface area contributed by atoms with Crippen molar-refractivity contribution in [1.29, 1.82) is 0 Å². The first kappa shape index (κ1) is 13.3. The molecule has 7 nitrogen and oxygen atoms in total. The number of carbonyl (C=O) groups is 1. The van der Waals surface area contributed by atoms with Crippen LogP contribution in [0, 0.1) is 0 Å². The van der Waals surface area contributed by atoms with Gasteiger partial charge < -0.3 is 20.0 Å². The van der Waals surface area contributed by atoms with Gasteiger partial charge in [0.05, 0.1) is 6.54 Å². The Kier molecular flexibility index (Phi) is 4.96. The van der Waals surface area contributed by atoms with E-state index in [-0.39, 0.29) is 0 Å². The van der Waals surface area contributed by atoms with Crippen LogP contribution in [0.15, 0.2) is 12.7 Å². The van der Waals surface area contributed by atoms with E-state index in [0.717, 1.165) is 6.08 Å². The summed E-state index contributed by atoms with van der Waals surface area (Å²) in [4.78, 5) is 28.1. The molecule has 82 valence electrons. The number of aliphatic hydroxyl groups excluding tert-OH is 1. The molecule has 0 aliphatic rings. The summed E-state index contributed by atoms with van der Waals surface area (Å²) in [6.07, 6.45) is -1.23. The number of aliphatic carboxylic acids is 1. The molecule has 4 N–H and O–H groups in total. The highest BCUT2D eigenvalue weighted by atomic mass is 31.2. The van der Waals surface area contributed by atoms with Crippen molar-refractivity contribution in [3.05, 3.63) is 12.7 Å². The minimum Gasteiger partial charge on any atom is -0.480 e. The Morgan fingerprint density at radius 2 is 2.07 bits per heavy atom. The van der Waals surface area contributed by atoms with E-state index in [4.69, 9.17) is 20.0 Å². The minimum absolute atomic E-state index is 0.668. The van der Waals surface area contributed by atoms with E-state index in [1.54, 1.807) is 0 Å². The van der Waals surface area contributed by atoms with Crippen molar-refractivity contribution in [2.45, 2.75) is 6.23 Å². The van der Waals surface area contributed by atoms with Gasteiger partial charge >= 0.3 is 13.6 Å². The zero-order valence-electron chi connectivity index (χ0n) is 7.28. The van der Waals surface area contributed by atoms with E-state index in [1.165, 1.54) is 0 Å². The summed E-state index contributed by atoms with van der Waals surface area (Å²) >= 11 is 0. The van der Waals surface area contributed by atoms with Gasteiger partial charge in [-0.2, -0.15) is 0 Å². The lowest BCUT2D eigenvalue weighted by Gasteiger charge is -2.23. The Balaban J connectivity index is 4.47. The van der Waals surface area contributed by atoms with Crippen LogP contribution in [0.25, 0.3) is 0 Å². The highest BCUT2D eigenvalue weighted by Gasteiger charge is 2.24. The predicted octanol–water partition coefficient (Wildman–Crippen LogP) is -0.987. The maximum absolute atomic E-state index is 10.6. The molecule has 0 radical (unpaired) electrons. The van der Waals surface area contributed by atoms with Crippen molar-refractivity contribution in [2.75, 3.05) is 12.8 Å². The Hall–Kier alpha value is -0.720. The molecule has 0 fully saturated rings. The minimum atomic E-state index is -4.39. The highest BCUT2D eigenvalue weighted by molar-refractivity contribution is 7.51. The first-order valence-corrected chi connectivity index (χ1v) is 5.37. The topological polar surface area (TPSA) is 118 Å². The largest absolute Gasteiger partial charge is 0.480 e. The smallest absolute Gasteiger partial charge is 0.339 e. The molecule has 0 aromatic carbocycles. The second-order valence-corrected chi connectivity index (χ2v) is 4.21. The van der Waals surface area contributed by atoms with Gasteiger partial charge in [0.25, 0.3) is 0 Å². The number of carboxylic acid groups (broad SMARTS) is 1. The van der Waals surface area contributed by atoms with E-state index >= 15 is 0 Å². The molecular weight excluding hydrogens is 213 g/mol. The van der Waals surface area contributed by atoms with Crippen molar-refractivity contribution in [1.82, 2.24) is 4.90 Å². The lowest BCUT2D eigenvalue weighted by atomic mass is 10.4. The molecule has 8 heteroatoms. The summed E-state index contributed by atoms with van der Waals surface area (Å²) in [7, 11) is -4.39. The third-order valence-electron chi connectivity index (χ3n) is 1.29. The molecule has 0 bridgehead atoms. The van der Waals surface area contributed by atoms with Gasteiger partial charge in [-0.05, 0) is 6.08 Å². The predicted molar refractivity (Wildman–Crippen MR) is 47.5 cm³/mol. The van der Waals surface area contributed by atoms with Crippen LogP contribution >= 0.6 is 7.60 Å². The molecule has 0 saturated heterocycles. The van der Waals surface area contributed by atoms with Crippen molar-refractivity contribution in [3.63, 3.8) is 0 Å². The molecule has 0 spiro atoms. The molecule has 0 rings (SSSR count). The maximum atomic E-state index is 10.6. The Bertz CT molecular complexity index is 261. The van der Waals surface area contributed by atoms with Gasteiger partial charge in [0.2, 0.25) is 0 Å². The molecule has 0 saturated carbocycles. The fraction of sp³-hybridized carbons (Fsp3) is 0.500. The fourth-order valence-electron chi connectivity index (χ4n) is 0.787. The van der Waals surface area contributed by atoms with Crippen LogP contribution in [0.4, 0.5) is 0 Å². The van der Waals surface area contributed by atoms with Crippen LogP contribution in [-0.4, -0.2) is 49.9 Å². The third kappa shape index (κ3) is 5.85. The van der Waals surface area contributed by atoms with Gasteiger partial charge in [-0.15, -0.1) is 0 Å². The van der Waals surface area contributed by atoms with Crippen molar-refractivity contribution in [2.24, 2.45) is 0 Å². The van der Waals surface area contributed by atoms with Crippen molar-refractivity contribution in [3.8, 4) is 0 Å². The molecule has 1 atom stereocenters. The Morgan fingerprint density at radius 1 is 1.57 bits per heavy atom. The Morgan fingerprint density at radius 3 is 2.36 bits per heavy atom. The van der Waals surface area contributed by atoms with E-state index in [9.17, 15) is 9.36 Å². The first-order chi connectivity index (χ1) is 6.26. The normalized spacial score (nSPS) is 14.0. The van der Waals surface area contributed by atoms with Gasteiger partial charge in [0.1, 0.15) is 12.5 Å². The number of aliphatic hydroxyl groups is 1. The van der Waals surface area contributed by atoms with E-state index < -0.39 is 32.6 Å². The molecule has 1 unspecified atom stereocenters. The van der Waals surface area contributed by atoms with E-state index in [0.29, 0.717) is 4.90 Å². The third-order valence-corrected chi connectivity index (χ3v) is 2.02. The fourth-order valence-corrected chi connectivity index (χ4v) is 1.53. The molecule has 0 aliphatic heterocycles. The van der Waals surface area contributed by atoms with Crippen LogP contribution in [0.2, 0.25) is 0 Å². The second kappa shape index (κ2) is 5.23. The van der Waals surface area contributed by atoms with Crippen LogP contribution in [0.5, 0.6) is 0 Å². The number of hydrogen-bond acceptors (Lipinski definition) is 4. The van der Waals surface area contributed by atoms with Crippen molar-refractivity contribution < 1.29 is 29.4 Å². The molecule has 14 heavy (non-hydrogen) atoms. The average molecular weight is 225 g/mol. The second-order valence-electron chi connectivity index (χ2n) is 2.60. The number of carboxylic acids is 1. The van der Waals surface area contributed by atoms with Crippen LogP contribution < -0.4 is 0 Å². The maximum Gasteiger partial charge on any atom is 0.339 e. The highest BCUT2D eigenvalue weighted by Crippen LogP contribution is 2.35. The number of rotatable bonds is 6. The van der Waals surface area contributed by atoms with Gasteiger partial charge in [-0.3, -0.25) is 14.3 Å². The zero-order chi connectivity index (χ0) is 11.4. The van der Waals surface area contributed by atoms with Crippen LogP contribution in [-0.2, 0) is 9.36 Å². The van der Waals surface area contributed by atoms with Gasteiger partial charge in [-0.1, -0.05) is 6.58 Å². The van der Waals surface area contributed by atoms with Crippen LogP contribution in [0.1, 0.15) is 0 Å². The SMILES string of the molecule is C=CC(O)N(CC(=O)O)CP(=O)(O)O. The van der Waals surface area contributed by atoms with E-state index in [1.807, 2.05) is 0 Å². The summed E-state index contributed by atoms with van der Waals surface area (Å²) in [6, 6.07) is 0. The quantitative estimate of drug-likeness (QED) is 0.260. The summed E-state index contributed by atoms with van der Waals surface area (Å²) in [5.74, 6) is -1.29. The summed E-state index contributed by atoms with van der Waals surface area (Å²) in [5, 5.41) is 17.5. The molecule has 0 heterocycles. The summed E-state index contributed by atoms with van der Waals surface area (Å²) in [6.45, 7) is 2.51.